The van der Waals surface area contributed by atoms with Gasteiger partial charge in [-0.1, -0.05) is 0 Å². The fourth-order valence-corrected chi connectivity index (χ4v) is 1.54. The molecule has 0 saturated heterocycles. The summed E-state index contributed by atoms with van der Waals surface area (Å²) < 4.78 is 0. The molecule has 1 aromatic rings. The number of nitrogens with zero attached hydrogens (tertiary/aromatic N) is 1. The number of nitrogens with one attached hydrogen (secondary N) is 1. The molecule has 0 aromatic carbocycles. The van der Waals surface area contributed by atoms with E-state index in [2.05, 4.69) is 10.3 Å². The quantitative estimate of drug-likeness (QED) is 0.669. The lowest BCUT2D eigenvalue weighted by Gasteiger charge is -2.36. The third kappa shape index (κ3) is 1.96. The Bertz CT molecular complexity index is 306. The van der Waals surface area contributed by atoms with E-state index in [0.29, 0.717) is 12.4 Å². The van der Waals surface area contributed by atoms with Crippen LogP contribution in [0.3, 0.4) is 0 Å². The maximum Gasteiger partial charge on any atom is 0.123 e. The van der Waals surface area contributed by atoms with Gasteiger partial charge in [-0.25, -0.2) is 4.98 Å². The van der Waals surface area contributed by atoms with E-state index in [1.165, 1.54) is 0 Å². The molecular formula is C10H15N3O. The second kappa shape index (κ2) is 3.46. The molecule has 0 bridgehead atoms. The first-order valence-corrected chi connectivity index (χ1v) is 4.86. The highest BCUT2D eigenvalue weighted by atomic mass is 16.3. The standard InChI is InChI=1S/C10H15N3O/c11-9-3-2-8(6-12-9)13-7-10(14)4-1-5-10/h2-3,6,13-14H,1,4-5,7H2,(H2,11,12). The Morgan fingerprint density at radius 1 is 1.50 bits per heavy atom. The second-order valence-electron chi connectivity index (χ2n) is 3.90. The average molecular weight is 193 g/mol. The van der Waals surface area contributed by atoms with Crippen molar-refractivity contribution in [3.63, 3.8) is 0 Å². The van der Waals surface area contributed by atoms with Crippen LogP contribution in [-0.4, -0.2) is 22.2 Å². The Balaban J connectivity index is 1.88. The fraction of sp³-hybridized carbons (Fsp3) is 0.500. The van der Waals surface area contributed by atoms with Crippen LogP contribution in [0.4, 0.5) is 11.5 Å². The zero-order valence-corrected chi connectivity index (χ0v) is 8.03. The maximum atomic E-state index is 9.82. The number of hydrogen-bond acceptors (Lipinski definition) is 4. The van der Waals surface area contributed by atoms with Crippen LogP contribution in [0.1, 0.15) is 19.3 Å². The molecule has 1 heterocycles. The number of aliphatic hydroxyl groups is 1. The highest BCUT2D eigenvalue weighted by molar-refractivity contribution is 5.45. The van der Waals surface area contributed by atoms with Crippen LogP contribution in [-0.2, 0) is 0 Å². The average Bonchev–Trinajstić information content (AvgIpc) is 2.14. The van der Waals surface area contributed by atoms with E-state index in [-0.39, 0.29) is 0 Å². The maximum absolute atomic E-state index is 9.82. The third-order valence-electron chi connectivity index (χ3n) is 2.69. The topological polar surface area (TPSA) is 71.2 Å². The number of rotatable bonds is 3. The Labute approximate surface area is 83.2 Å². The lowest BCUT2D eigenvalue weighted by Crippen LogP contribution is -2.43. The van der Waals surface area contributed by atoms with E-state index in [1.54, 1.807) is 12.3 Å². The largest absolute Gasteiger partial charge is 0.388 e. The van der Waals surface area contributed by atoms with Crippen LogP contribution in [0, 0.1) is 0 Å². The van der Waals surface area contributed by atoms with Gasteiger partial charge in [-0.15, -0.1) is 0 Å². The molecule has 1 aliphatic rings. The van der Waals surface area contributed by atoms with Crippen molar-refractivity contribution in [2.75, 3.05) is 17.6 Å². The Morgan fingerprint density at radius 2 is 2.29 bits per heavy atom. The van der Waals surface area contributed by atoms with Gasteiger partial charge >= 0.3 is 0 Å². The summed E-state index contributed by atoms with van der Waals surface area (Å²) >= 11 is 0. The molecule has 76 valence electrons. The zero-order valence-electron chi connectivity index (χ0n) is 8.03. The molecule has 2 rings (SSSR count). The molecule has 1 aliphatic carbocycles. The minimum atomic E-state index is -0.499. The summed E-state index contributed by atoms with van der Waals surface area (Å²) in [5, 5.41) is 13.0. The number of nitrogens with two attached hydrogens (primary N) is 1. The number of pyridine rings is 1. The number of hydrogen-bond donors (Lipinski definition) is 3. The van der Waals surface area contributed by atoms with Crippen LogP contribution in [0.15, 0.2) is 18.3 Å². The molecule has 0 unspecified atom stereocenters. The molecule has 14 heavy (non-hydrogen) atoms. The van der Waals surface area contributed by atoms with Crippen molar-refractivity contribution in [3.05, 3.63) is 18.3 Å². The lowest BCUT2D eigenvalue weighted by atomic mass is 9.80. The summed E-state index contributed by atoms with van der Waals surface area (Å²) in [6.45, 7) is 0.596. The second-order valence-corrected chi connectivity index (χ2v) is 3.90. The van der Waals surface area contributed by atoms with Crippen LogP contribution in [0.2, 0.25) is 0 Å². The van der Waals surface area contributed by atoms with E-state index < -0.39 is 5.60 Å². The molecule has 4 N–H and O–H groups in total. The van der Waals surface area contributed by atoms with Gasteiger partial charge in [0, 0.05) is 6.54 Å². The van der Waals surface area contributed by atoms with E-state index in [0.717, 1.165) is 24.9 Å². The highest BCUT2D eigenvalue weighted by Gasteiger charge is 2.33. The van der Waals surface area contributed by atoms with Gasteiger partial charge in [-0.2, -0.15) is 0 Å². The highest BCUT2D eigenvalue weighted by Crippen LogP contribution is 2.31. The Morgan fingerprint density at radius 3 is 2.79 bits per heavy atom. The van der Waals surface area contributed by atoms with Crippen molar-refractivity contribution in [1.82, 2.24) is 4.98 Å². The normalized spacial score (nSPS) is 18.6. The minimum Gasteiger partial charge on any atom is -0.388 e. The summed E-state index contributed by atoms with van der Waals surface area (Å²) in [6.07, 6.45) is 4.58. The fourth-order valence-electron chi connectivity index (χ4n) is 1.54. The minimum absolute atomic E-state index is 0.499. The van der Waals surface area contributed by atoms with Crippen LogP contribution < -0.4 is 11.1 Å². The van der Waals surface area contributed by atoms with Gasteiger partial charge in [0.05, 0.1) is 17.5 Å². The van der Waals surface area contributed by atoms with Gasteiger partial charge in [-0.3, -0.25) is 0 Å². The molecule has 0 radical (unpaired) electrons. The first-order valence-electron chi connectivity index (χ1n) is 4.86. The molecule has 0 atom stereocenters. The summed E-state index contributed by atoms with van der Waals surface area (Å²) in [4.78, 5) is 3.96. The summed E-state index contributed by atoms with van der Waals surface area (Å²) in [5.74, 6) is 0.512. The van der Waals surface area contributed by atoms with Crippen molar-refractivity contribution in [3.8, 4) is 0 Å². The molecule has 0 spiro atoms. The van der Waals surface area contributed by atoms with Gasteiger partial charge in [0.25, 0.3) is 0 Å². The van der Waals surface area contributed by atoms with Gasteiger partial charge in [0.1, 0.15) is 5.82 Å². The smallest absolute Gasteiger partial charge is 0.123 e. The number of nitrogen functional groups attached to an aromatic ring is 1. The van der Waals surface area contributed by atoms with Crippen molar-refractivity contribution in [2.24, 2.45) is 0 Å². The van der Waals surface area contributed by atoms with Crippen LogP contribution in [0.25, 0.3) is 0 Å². The molecule has 1 aromatic heterocycles. The van der Waals surface area contributed by atoms with Crippen molar-refractivity contribution < 1.29 is 5.11 Å². The first kappa shape index (κ1) is 9.27. The summed E-state index contributed by atoms with van der Waals surface area (Å²) in [7, 11) is 0. The zero-order chi connectivity index (χ0) is 10.0. The molecule has 1 fully saturated rings. The van der Waals surface area contributed by atoms with Crippen LogP contribution >= 0.6 is 0 Å². The van der Waals surface area contributed by atoms with E-state index in [4.69, 9.17) is 5.73 Å². The van der Waals surface area contributed by atoms with Crippen molar-refractivity contribution in [2.45, 2.75) is 24.9 Å². The number of aromatic nitrogens is 1. The molecule has 4 nitrogen and oxygen atoms in total. The number of anilines is 2. The summed E-state index contributed by atoms with van der Waals surface area (Å²) in [5.41, 5.74) is 5.86. The predicted molar refractivity (Wildman–Crippen MR) is 55.9 cm³/mol. The Hall–Kier alpha value is -1.29. The first-order chi connectivity index (χ1) is 6.68. The van der Waals surface area contributed by atoms with Crippen molar-refractivity contribution >= 4 is 11.5 Å². The third-order valence-corrected chi connectivity index (χ3v) is 2.69. The van der Waals surface area contributed by atoms with Gasteiger partial charge in [0.15, 0.2) is 0 Å². The predicted octanol–water partition coefficient (Wildman–Crippen LogP) is 0.991. The van der Waals surface area contributed by atoms with E-state index in [1.807, 2.05) is 6.07 Å². The Kier molecular flexibility index (Phi) is 2.29. The van der Waals surface area contributed by atoms with Gasteiger partial charge in [-0.05, 0) is 31.4 Å². The molecule has 1 saturated carbocycles. The van der Waals surface area contributed by atoms with Gasteiger partial charge < -0.3 is 16.2 Å². The monoisotopic (exact) mass is 193 g/mol. The molecule has 4 heteroatoms. The van der Waals surface area contributed by atoms with E-state index >= 15 is 0 Å². The molecular weight excluding hydrogens is 178 g/mol. The van der Waals surface area contributed by atoms with Crippen molar-refractivity contribution in [1.29, 1.82) is 0 Å². The molecule has 0 amide bonds. The SMILES string of the molecule is Nc1ccc(NCC2(O)CCC2)cn1. The lowest BCUT2D eigenvalue weighted by molar-refractivity contribution is -0.0201. The summed E-state index contributed by atoms with van der Waals surface area (Å²) in [6, 6.07) is 3.61. The van der Waals surface area contributed by atoms with E-state index in [9.17, 15) is 5.11 Å². The molecule has 0 aliphatic heterocycles. The van der Waals surface area contributed by atoms with Gasteiger partial charge in [0.2, 0.25) is 0 Å². The van der Waals surface area contributed by atoms with Crippen LogP contribution in [0.5, 0.6) is 0 Å².